The van der Waals surface area contributed by atoms with Crippen LogP contribution >= 0.6 is 0 Å². The van der Waals surface area contributed by atoms with Crippen LogP contribution in [0.2, 0.25) is 0 Å². The normalized spacial score (nSPS) is 13.9. The van der Waals surface area contributed by atoms with Crippen molar-refractivity contribution >= 4 is 17.3 Å². The average Bonchev–Trinajstić information content (AvgIpc) is 3.36. The summed E-state index contributed by atoms with van der Waals surface area (Å²) in [5, 5.41) is 0. The summed E-state index contributed by atoms with van der Waals surface area (Å²) in [4.78, 5) is 33.8. The third-order valence-electron chi connectivity index (χ3n) is 4.94. The predicted molar refractivity (Wildman–Crippen MR) is 103 cm³/mol. The van der Waals surface area contributed by atoms with Gasteiger partial charge < -0.3 is 9.80 Å². The van der Waals surface area contributed by atoms with Crippen LogP contribution in [0.15, 0.2) is 54.7 Å². The van der Waals surface area contributed by atoms with Crippen molar-refractivity contribution in [1.82, 2.24) is 19.2 Å². The number of amides is 2. The summed E-state index contributed by atoms with van der Waals surface area (Å²) >= 11 is 0. The molecular formula is C21H22N4O2. The number of carbonyl (C=O) groups excluding carboxylic acids is 2. The van der Waals surface area contributed by atoms with Gasteiger partial charge in [-0.05, 0) is 30.5 Å². The van der Waals surface area contributed by atoms with E-state index in [-0.39, 0.29) is 17.6 Å². The first-order valence-corrected chi connectivity index (χ1v) is 9.21. The van der Waals surface area contributed by atoms with E-state index in [4.69, 9.17) is 0 Å². The first-order valence-electron chi connectivity index (χ1n) is 9.21. The zero-order valence-corrected chi connectivity index (χ0v) is 15.3. The Morgan fingerprint density at radius 2 is 1.74 bits per heavy atom. The van der Waals surface area contributed by atoms with Crippen LogP contribution in [-0.4, -0.2) is 51.1 Å². The van der Waals surface area contributed by atoms with E-state index in [1.165, 1.54) is 0 Å². The lowest BCUT2D eigenvalue weighted by Crippen LogP contribution is -2.29. The van der Waals surface area contributed by atoms with E-state index < -0.39 is 0 Å². The lowest BCUT2D eigenvalue weighted by Gasteiger charge is -2.16. The van der Waals surface area contributed by atoms with Gasteiger partial charge in [-0.2, -0.15) is 0 Å². The molecule has 138 valence electrons. The topological polar surface area (TPSA) is 57.9 Å². The summed E-state index contributed by atoms with van der Waals surface area (Å²) in [5.41, 5.74) is 2.07. The largest absolute Gasteiger partial charge is 0.337 e. The van der Waals surface area contributed by atoms with Crippen molar-refractivity contribution in [2.45, 2.75) is 19.4 Å². The lowest BCUT2D eigenvalue weighted by atomic mass is 10.2. The number of benzene rings is 1. The number of fused-ring (bicyclic) bond motifs is 1. The van der Waals surface area contributed by atoms with Gasteiger partial charge in [-0.1, -0.05) is 36.4 Å². The van der Waals surface area contributed by atoms with Crippen LogP contribution in [0.3, 0.4) is 0 Å². The number of imidazole rings is 1. The number of nitrogens with zero attached hydrogens (tertiary/aromatic N) is 4. The van der Waals surface area contributed by atoms with Crippen molar-refractivity contribution in [3.63, 3.8) is 0 Å². The van der Waals surface area contributed by atoms with Crippen LogP contribution < -0.4 is 0 Å². The molecule has 0 saturated carbocycles. The van der Waals surface area contributed by atoms with Gasteiger partial charge in [0.1, 0.15) is 0 Å². The van der Waals surface area contributed by atoms with Gasteiger partial charge in [-0.3, -0.25) is 14.0 Å². The molecule has 4 rings (SSSR count). The van der Waals surface area contributed by atoms with Gasteiger partial charge in [0, 0.05) is 32.9 Å². The maximum Gasteiger partial charge on any atom is 0.290 e. The Hall–Kier alpha value is -3.15. The highest BCUT2D eigenvalue weighted by Gasteiger charge is 2.27. The third kappa shape index (κ3) is 3.30. The lowest BCUT2D eigenvalue weighted by molar-refractivity contribution is 0.0771. The van der Waals surface area contributed by atoms with E-state index in [0.717, 1.165) is 31.5 Å². The Labute approximate surface area is 158 Å². The molecule has 1 fully saturated rings. The second-order valence-electron chi connectivity index (χ2n) is 6.89. The smallest absolute Gasteiger partial charge is 0.290 e. The Kier molecular flexibility index (Phi) is 4.62. The van der Waals surface area contributed by atoms with Crippen molar-refractivity contribution in [2.75, 3.05) is 20.1 Å². The highest BCUT2D eigenvalue weighted by molar-refractivity contribution is 6.02. The minimum Gasteiger partial charge on any atom is -0.337 e. The number of likely N-dealkylation sites (tertiary alicyclic amines) is 1. The molecule has 27 heavy (non-hydrogen) atoms. The number of hydrogen-bond acceptors (Lipinski definition) is 3. The SMILES string of the molecule is CN(Cc1ccccc1)C(=O)c1nc(C(=O)N2CCCC2)c2ccccn12. The summed E-state index contributed by atoms with van der Waals surface area (Å²) in [5.74, 6) is -0.0342. The molecule has 0 unspecified atom stereocenters. The van der Waals surface area contributed by atoms with Crippen molar-refractivity contribution in [3.8, 4) is 0 Å². The molecule has 1 aliphatic rings. The van der Waals surface area contributed by atoms with E-state index in [1.807, 2.05) is 53.4 Å². The zero-order chi connectivity index (χ0) is 18.8. The van der Waals surface area contributed by atoms with Crippen LogP contribution in [0.4, 0.5) is 0 Å². The fourth-order valence-electron chi connectivity index (χ4n) is 3.52. The molecule has 0 bridgehead atoms. The second-order valence-corrected chi connectivity index (χ2v) is 6.89. The van der Waals surface area contributed by atoms with Crippen LogP contribution in [0.5, 0.6) is 0 Å². The first-order chi connectivity index (χ1) is 13.1. The summed E-state index contributed by atoms with van der Waals surface area (Å²) in [7, 11) is 1.75. The Bertz CT molecular complexity index is 974. The highest BCUT2D eigenvalue weighted by atomic mass is 16.2. The highest BCUT2D eigenvalue weighted by Crippen LogP contribution is 2.19. The van der Waals surface area contributed by atoms with Crippen molar-refractivity contribution < 1.29 is 9.59 Å². The third-order valence-corrected chi connectivity index (χ3v) is 4.94. The monoisotopic (exact) mass is 362 g/mol. The maximum atomic E-state index is 13.0. The average molecular weight is 362 g/mol. The molecule has 0 radical (unpaired) electrons. The molecule has 2 aromatic heterocycles. The van der Waals surface area contributed by atoms with Crippen molar-refractivity contribution in [2.24, 2.45) is 0 Å². The van der Waals surface area contributed by atoms with Gasteiger partial charge in [0.05, 0.1) is 5.52 Å². The number of hydrogen-bond donors (Lipinski definition) is 0. The Balaban J connectivity index is 1.67. The van der Waals surface area contributed by atoms with Gasteiger partial charge in [-0.25, -0.2) is 4.98 Å². The molecule has 6 nitrogen and oxygen atoms in total. The molecule has 0 N–H and O–H groups in total. The Morgan fingerprint density at radius 3 is 2.48 bits per heavy atom. The summed E-state index contributed by atoms with van der Waals surface area (Å²) in [6.45, 7) is 1.99. The molecule has 3 aromatic rings. The summed E-state index contributed by atoms with van der Waals surface area (Å²) in [6, 6.07) is 15.3. The molecule has 6 heteroatoms. The van der Waals surface area contributed by atoms with Crippen LogP contribution in [0.1, 0.15) is 39.5 Å². The van der Waals surface area contributed by atoms with Gasteiger partial charge in [-0.15, -0.1) is 0 Å². The summed E-state index contributed by atoms with van der Waals surface area (Å²) in [6.07, 6.45) is 3.82. The van der Waals surface area contributed by atoms with E-state index in [1.54, 1.807) is 22.5 Å². The molecule has 2 amide bonds. The first kappa shape index (κ1) is 17.3. The van der Waals surface area contributed by atoms with E-state index in [2.05, 4.69) is 4.98 Å². The second kappa shape index (κ2) is 7.23. The van der Waals surface area contributed by atoms with Crippen molar-refractivity contribution in [3.05, 3.63) is 71.8 Å². The Morgan fingerprint density at radius 1 is 1.04 bits per heavy atom. The predicted octanol–water partition coefficient (Wildman–Crippen LogP) is 2.84. The van der Waals surface area contributed by atoms with Crippen LogP contribution in [-0.2, 0) is 6.54 Å². The molecule has 1 aliphatic heterocycles. The standard InChI is InChI=1S/C21H22N4O2/c1-23(15-16-9-3-2-4-10-16)21(27)19-22-18(17-11-5-6-14-25(17)19)20(26)24-12-7-8-13-24/h2-6,9-11,14H,7-8,12-13,15H2,1H3. The molecule has 0 aliphatic carbocycles. The molecule has 3 heterocycles. The summed E-state index contributed by atoms with van der Waals surface area (Å²) < 4.78 is 1.72. The molecular weight excluding hydrogens is 340 g/mol. The fourth-order valence-corrected chi connectivity index (χ4v) is 3.52. The minimum absolute atomic E-state index is 0.0963. The molecule has 0 spiro atoms. The van der Waals surface area contributed by atoms with E-state index >= 15 is 0 Å². The van der Waals surface area contributed by atoms with Crippen LogP contribution in [0, 0.1) is 0 Å². The maximum absolute atomic E-state index is 13.0. The van der Waals surface area contributed by atoms with Gasteiger partial charge in [0.15, 0.2) is 5.69 Å². The van der Waals surface area contributed by atoms with Gasteiger partial charge >= 0.3 is 0 Å². The molecule has 1 aromatic carbocycles. The van der Waals surface area contributed by atoms with Gasteiger partial charge in [0.25, 0.3) is 11.8 Å². The molecule has 0 atom stereocenters. The fraction of sp³-hybridized carbons (Fsp3) is 0.286. The van der Waals surface area contributed by atoms with Crippen molar-refractivity contribution in [1.29, 1.82) is 0 Å². The quantitative estimate of drug-likeness (QED) is 0.717. The van der Waals surface area contributed by atoms with Crippen LogP contribution in [0.25, 0.3) is 5.52 Å². The minimum atomic E-state index is -0.208. The van der Waals surface area contributed by atoms with Gasteiger partial charge in [0.2, 0.25) is 5.82 Å². The molecule has 1 saturated heterocycles. The zero-order valence-electron chi connectivity index (χ0n) is 15.3. The van der Waals surface area contributed by atoms with E-state index in [0.29, 0.717) is 17.8 Å². The number of carbonyl (C=O) groups is 2. The van der Waals surface area contributed by atoms with E-state index in [9.17, 15) is 9.59 Å². The number of aromatic nitrogens is 2. The number of pyridine rings is 1. The number of rotatable bonds is 4.